The molecule has 1 heterocycles. The van der Waals surface area contributed by atoms with Crippen molar-refractivity contribution in [2.24, 2.45) is 0 Å². The molecule has 1 aliphatic rings. The van der Waals surface area contributed by atoms with Gasteiger partial charge in [-0.15, -0.1) is 0 Å². The zero-order chi connectivity index (χ0) is 13.2. The zero-order valence-corrected chi connectivity index (χ0v) is 11.5. The van der Waals surface area contributed by atoms with Crippen LogP contribution < -0.4 is 0 Å². The van der Waals surface area contributed by atoms with E-state index < -0.39 is 0 Å². The maximum atomic E-state index is 12.9. The number of hydrogen-bond acceptors (Lipinski definition) is 1. The highest BCUT2D eigenvalue weighted by Crippen LogP contribution is 2.33. The molecule has 0 atom stereocenters. The van der Waals surface area contributed by atoms with E-state index in [-0.39, 0.29) is 5.82 Å². The van der Waals surface area contributed by atoms with Crippen LogP contribution in [0.4, 0.5) is 4.39 Å². The van der Waals surface area contributed by atoms with Crippen LogP contribution in [0.1, 0.15) is 42.9 Å². The molecule has 0 bridgehead atoms. The molecule has 100 valence electrons. The van der Waals surface area contributed by atoms with E-state index in [0.29, 0.717) is 12.5 Å². The van der Waals surface area contributed by atoms with Crippen LogP contribution in [0.25, 0.3) is 0 Å². The van der Waals surface area contributed by atoms with Gasteiger partial charge in [0.2, 0.25) is 0 Å². The van der Waals surface area contributed by atoms with Crippen molar-refractivity contribution >= 4 is 12.2 Å². The van der Waals surface area contributed by atoms with Crippen LogP contribution in [0.3, 0.4) is 0 Å². The van der Waals surface area contributed by atoms with Crippen molar-refractivity contribution in [3.05, 3.63) is 52.0 Å². The van der Waals surface area contributed by atoms with Crippen molar-refractivity contribution in [2.75, 3.05) is 0 Å². The third-order valence-corrected chi connectivity index (χ3v) is 4.20. The first-order valence-corrected chi connectivity index (χ1v) is 7.17. The first-order valence-electron chi connectivity index (χ1n) is 6.76. The molecule has 1 fully saturated rings. The van der Waals surface area contributed by atoms with Crippen LogP contribution in [0.15, 0.2) is 30.3 Å². The Balaban J connectivity index is 1.81. The second-order valence-corrected chi connectivity index (χ2v) is 5.66. The lowest BCUT2D eigenvalue weighted by molar-refractivity contribution is 0.615. The molecule has 2 aromatic rings. The minimum absolute atomic E-state index is 0.203. The second kappa shape index (κ2) is 5.29. The Labute approximate surface area is 117 Å². The van der Waals surface area contributed by atoms with Crippen LogP contribution in [-0.4, -0.2) is 9.78 Å². The third kappa shape index (κ3) is 2.78. The number of hydrogen-bond donors (Lipinski definition) is 1. The van der Waals surface area contributed by atoms with Gasteiger partial charge in [0.25, 0.3) is 0 Å². The minimum Gasteiger partial charge on any atom is -0.301 e. The molecule has 1 N–H and O–H groups in total. The predicted molar refractivity (Wildman–Crippen MR) is 76.3 cm³/mol. The fourth-order valence-corrected chi connectivity index (χ4v) is 3.03. The van der Waals surface area contributed by atoms with Crippen LogP contribution in [-0.2, 0) is 6.54 Å². The molecule has 0 aliphatic heterocycles. The van der Waals surface area contributed by atoms with Gasteiger partial charge in [0.05, 0.1) is 6.54 Å². The Morgan fingerprint density at radius 2 is 1.89 bits per heavy atom. The van der Waals surface area contributed by atoms with Crippen molar-refractivity contribution in [3.63, 3.8) is 0 Å². The standard InChI is InChI=1S/C15H17FN2S/c16-13-7-5-11(6-8-13)10-18-15(19)9-14(17-18)12-3-1-2-4-12/h5-9,12,17H,1-4,10H2. The van der Waals surface area contributed by atoms with E-state index in [1.807, 2.05) is 4.68 Å². The summed E-state index contributed by atoms with van der Waals surface area (Å²) in [6.07, 6.45) is 5.14. The molecule has 1 saturated carbocycles. The maximum absolute atomic E-state index is 12.9. The number of H-pyrrole nitrogens is 1. The maximum Gasteiger partial charge on any atom is 0.123 e. The van der Waals surface area contributed by atoms with E-state index >= 15 is 0 Å². The van der Waals surface area contributed by atoms with Crippen molar-refractivity contribution in [2.45, 2.75) is 38.1 Å². The number of nitrogens with zero attached hydrogens (tertiary/aromatic N) is 1. The minimum atomic E-state index is -0.203. The molecule has 3 rings (SSSR count). The van der Waals surface area contributed by atoms with Crippen LogP contribution in [0.5, 0.6) is 0 Å². The lowest BCUT2D eigenvalue weighted by Gasteiger charge is -2.07. The van der Waals surface area contributed by atoms with Crippen molar-refractivity contribution < 1.29 is 4.39 Å². The monoisotopic (exact) mass is 276 g/mol. The number of rotatable bonds is 3. The topological polar surface area (TPSA) is 20.7 Å². The zero-order valence-electron chi connectivity index (χ0n) is 10.7. The Morgan fingerprint density at radius 3 is 2.58 bits per heavy atom. The highest BCUT2D eigenvalue weighted by atomic mass is 32.1. The molecule has 4 heteroatoms. The van der Waals surface area contributed by atoms with Crippen LogP contribution in [0.2, 0.25) is 0 Å². The summed E-state index contributed by atoms with van der Waals surface area (Å²) in [6, 6.07) is 8.65. The van der Waals surface area contributed by atoms with Gasteiger partial charge in [-0.25, -0.2) is 4.39 Å². The fraction of sp³-hybridized carbons (Fsp3) is 0.400. The van der Waals surface area contributed by atoms with Gasteiger partial charge in [-0.3, -0.25) is 4.68 Å². The van der Waals surface area contributed by atoms with E-state index in [2.05, 4.69) is 11.2 Å². The van der Waals surface area contributed by atoms with Gasteiger partial charge in [0, 0.05) is 11.6 Å². The molecular formula is C15H17FN2S. The highest BCUT2D eigenvalue weighted by molar-refractivity contribution is 7.71. The number of benzene rings is 1. The molecule has 1 aliphatic carbocycles. The van der Waals surface area contributed by atoms with E-state index in [1.165, 1.54) is 43.5 Å². The first kappa shape index (κ1) is 12.6. The molecule has 1 aromatic carbocycles. The van der Waals surface area contributed by atoms with E-state index in [1.54, 1.807) is 12.1 Å². The van der Waals surface area contributed by atoms with Gasteiger partial charge in [-0.05, 0) is 36.6 Å². The number of nitrogens with one attached hydrogen (secondary N) is 1. The van der Waals surface area contributed by atoms with Gasteiger partial charge in [-0.2, -0.15) is 0 Å². The summed E-state index contributed by atoms with van der Waals surface area (Å²) in [5.74, 6) is 0.432. The first-order chi connectivity index (χ1) is 9.22. The molecule has 2 nitrogen and oxygen atoms in total. The third-order valence-electron chi connectivity index (χ3n) is 3.86. The molecule has 0 amide bonds. The average molecular weight is 276 g/mol. The SMILES string of the molecule is Fc1ccc(Cn2[nH]c(C3CCCC3)cc2=S)cc1. The Morgan fingerprint density at radius 1 is 1.21 bits per heavy atom. The second-order valence-electron chi connectivity index (χ2n) is 5.24. The summed E-state index contributed by atoms with van der Waals surface area (Å²) in [5, 5.41) is 3.41. The summed E-state index contributed by atoms with van der Waals surface area (Å²) in [5.41, 5.74) is 2.31. The van der Waals surface area contributed by atoms with E-state index in [9.17, 15) is 4.39 Å². The summed E-state index contributed by atoms with van der Waals surface area (Å²) in [7, 11) is 0. The Kier molecular flexibility index (Phi) is 3.51. The molecular weight excluding hydrogens is 259 g/mol. The quantitative estimate of drug-likeness (QED) is 0.824. The number of halogens is 1. The average Bonchev–Trinajstić information content (AvgIpc) is 3.03. The lowest BCUT2D eigenvalue weighted by Crippen LogP contribution is -2.03. The molecule has 1 aromatic heterocycles. The highest BCUT2D eigenvalue weighted by Gasteiger charge is 2.18. The van der Waals surface area contributed by atoms with Crippen molar-refractivity contribution in [3.8, 4) is 0 Å². The normalized spacial score (nSPS) is 16.1. The molecule has 0 saturated heterocycles. The molecule has 0 radical (unpaired) electrons. The smallest absolute Gasteiger partial charge is 0.123 e. The number of aromatic nitrogens is 2. The van der Waals surface area contributed by atoms with Gasteiger partial charge in [0.1, 0.15) is 10.5 Å². The molecule has 0 spiro atoms. The number of aromatic amines is 1. The Bertz CT molecular complexity index is 606. The van der Waals surface area contributed by atoms with E-state index in [4.69, 9.17) is 12.2 Å². The Hall–Kier alpha value is -1.42. The van der Waals surface area contributed by atoms with E-state index in [0.717, 1.165) is 10.2 Å². The summed E-state index contributed by atoms with van der Waals surface area (Å²) in [4.78, 5) is 0. The predicted octanol–water partition coefficient (Wildman–Crippen LogP) is 4.39. The van der Waals surface area contributed by atoms with Gasteiger partial charge in [0.15, 0.2) is 0 Å². The largest absolute Gasteiger partial charge is 0.301 e. The summed E-state index contributed by atoms with van der Waals surface area (Å²) < 4.78 is 15.7. The van der Waals surface area contributed by atoms with Gasteiger partial charge in [-0.1, -0.05) is 37.2 Å². The van der Waals surface area contributed by atoms with Crippen LogP contribution >= 0.6 is 12.2 Å². The van der Waals surface area contributed by atoms with Crippen molar-refractivity contribution in [1.29, 1.82) is 0 Å². The summed E-state index contributed by atoms with van der Waals surface area (Å²) >= 11 is 5.39. The van der Waals surface area contributed by atoms with Gasteiger partial charge < -0.3 is 5.10 Å². The van der Waals surface area contributed by atoms with Crippen molar-refractivity contribution in [1.82, 2.24) is 9.78 Å². The van der Waals surface area contributed by atoms with Crippen LogP contribution in [0, 0.1) is 10.5 Å². The molecule has 19 heavy (non-hydrogen) atoms. The fourth-order valence-electron chi connectivity index (χ4n) is 2.79. The summed E-state index contributed by atoms with van der Waals surface area (Å²) in [6.45, 7) is 0.672. The lowest BCUT2D eigenvalue weighted by atomic mass is 10.1. The van der Waals surface area contributed by atoms with Gasteiger partial charge >= 0.3 is 0 Å². The molecule has 0 unspecified atom stereocenters.